The van der Waals surface area contributed by atoms with E-state index in [0.717, 1.165) is 12.1 Å². The third kappa shape index (κ3) is 5.72. The predicted molar refractivity (Wildman–Crippen MR) is 114 cm³/mol. The molecule has 144 valence electrons. The van der Waals surface area contributed by atoms with Crippen molar-refractivity contribution in [2.45, 2.75) is 6.04 Å². The summed E-state index contributed by atoms with van der Waals surface area (Å²) in [5.74, 6) is 0.687. The molecule has 0 bridgehead atoms. The zero-order valence-electron chi connectivity index (χ0n) is 14.8. The average Bonchev–Trinajstić information content (AvgIpc) is 2.69. The second kappa shape index (κ2) is 10.7. The highest BCUT2D eigenvalue weighted by Gasteiger charge is 2.28. The fraction of sp³-hybridized carbons (Fsp3) is 0.300. The molecule has 1 unspecified atom stereocenters. The molecule has 1 amide bonds. The summed E-state index contributed by atoms with van der Waals surface area (Å²) in [6.45, 7) is 2.09. The first-order valence-electron chi connectivity index (χ1n) is 8.57. The number of carbonyl (C=O) groups is 2. The molecule has 1 aliphatic heterocycles. The molecule has 1 fully saturated rings. The molecule has 0 radical (unpaired) electrons. The quantitative estimate of drug-likeness (QED) is 0.715. The van der Waals surface area contributed by atoms with Crippen molar-refractivity contribution in [1.29, 1.82) is 0 Å². The summed E-state index contributed by atoms with van der Waals surface area (Å²) in [6, 6.07) is 16.7. The van der Waals surface area contributed by atoms with Gasteiger partial charge in [0, 0.05) is 30.2 Å². The third-order valence-corrected chi connectivity index (χ3v) is 5.64. The smallest absolute Gasteiger partial charge is 0.233 e. The van der Waals surface area contributed by atoms with Crippen molar-refractivity contribution in [2.75, 3.05) is 31.1 Å². The summed E-state index contributed by atoms with van der Waals surface area (Å²) in [5.41, 5.74) is 1.64. The van der Waals surface area contributed by atoms with E-state index in [-0.39, 0.29) is 30.1 Å². The van der Waals surface area contributed by atoms with Gasteiger partial charge in [-0.15, -0.1) is 24.2 Å². The molecule has 0 spiro atoms. The van der Waals surface area contributed by atoms with Gasteiger partial charge >= 0.3 is 0 Å². The Kier molecular flexibility index (Phi) is 8.64. The summed E-state index contributed by atoms with van der Waals surface area (Å²) in [6.07, 6.45) is 0. The van der Waals surface area contributed by atoms with Crippen molar-refractivity contribution in [1.82, 2.24) is 10.2 Å². The zero-order valence-corrected chi connectivity index (χ0v) is 17.2. The lowest BCUT2D eigenvalue weighted by Gasteiger charge is -2.37. The molecule has 1 atom stereocenters. The first-order chi connectivity index (χ1) is 12.7. The van der Waals surface area contributed by atoms with Gasteiger partial charge in [0.2, 0.25) is 5.91 Å². The Hall–Kier alpha value is -1.53. The molecule has 7 heteroatoms. The van der Waals surface area contributed by atoms with Crippen LogP contribution in [0.1, 0.15) is 22.0 Å². The fourth-order valence-corrected chi connectivity index (χ4v) is 4.10. The monoisotopic (exact) mass is 424 g/mol. The summed E-state index contributed by atoms with van der Waals surface area (Å²) >= 11 is 7.69. The van der Waals surface area contributed by atoms with Crippen LogP contribution in [0.2, 0.25) is 5.02 Å². The topological polar surface area (TPSA) is 49.4 Å². The van der Waals surface area contributed by atoms with Crippen LogP contribution in [-0.2, 0) is 4.79 Å². The van der Waals surface area contributed by atoms with Gasteiger partial charge in [-0.3, -0.25) is 9.59 Å². The lowest BCUT2D eigenvalue weighted by Crippen LogP contribution is -2.49. The van der Waals surface area contributed by atoms with Crippen molar-refractivity contribution < 1.29 is 9.59 Å². The van der Waals surface area contributed by atoms with E-state index >= 15 is 0 Å². The Morgan fingerprint density at radius 1 is 1.07 bits per heavy atom. The number of hydrogen-bond donors (Lipinski definition) is 1. The van der Waals surface area contributed by atoms with E-state index in [1.54, 1.807) is 12.1 Å². The second-order valence-electron chi connectivity index (χ2n) is 6.11. The molecule has 0 saturated carbocycles. The molecular weight excluding hydrogens is 403 g/mol. The van der Waals surface area contributed by atoms with E-state index in [2.05, 4.69) is 5.32 Å². The van der Waals surface area contributed by atoms with Gasteiger partial charge in [-0.25, -0.2) is 0 Å². The number of Topliss-reactive ketones (excluding diaryl/α,β-unsaturated/α-hetero) is 1. The number of halogens is 2. The Balaban J connectivity index is 0.00000261. The lowest BCUT2D eigenvalue weighted by atomic mass is 10.0. The van der Waals surface area contributed by atoms with Crippen LogP contribution in [0.3, 0.4) is 0 Å². The van der Waals surface area contributed by atoms with Crippen LogP contribution in [0.15, 0.2) is 54.6 Å². The van der Waals surface area contributed by atoms with Crippen LogP contribution >= 0.6 is 35.8 Å². The van der Waals surface area contributed by atoms with Gasteiger partial charge in [-0.05, 0) is 11.6 Å². The standard InChI is InChI=1S/C20H21ClN2O2S.ClH/c21-17-9-5-4-8-16(17)18-12-22-10-11-23(18)20(25)14-26-13-19(24)15-6-2-1-3-7-15;/h1-9,18,22H,10-14H2;1H. The highest BCUT2D eigenvalue weighted by Crippen LogP contribution is 2.29. The summed E-state index contributed by atoms with van der Waals surface area (Å²) in [4.78, 5) is 26.8. The number of amides is 1. The van der Waals surface area contributed by atoms with Crippen molar-refractivity contribution >= 4 is 47.5 Å². The maximum Gasteiger partial charge on any atom is 0.233 e. The molecule has 27 heavy (non-hydrogen) atoms. The molecule has 2 aromatic rings. The molecule has 0 aromatic heterocycles. The van der Waals surface area contributed by atoms with Gasteiger partial charge in [-0.2, -0.15) is 0 Å². The molecule has 1 N–H and O–H groups in total. The highest BCUT2D eigenvalue weighted by atomic mass is 35.5. The lowest BCUT2D eigenvalue weighted by molar-refractivity contribution is -0.131. The zero-order chi connectivity index (χ0) is 18.4. The molecule has 1 saturated heterocycles. The summed E-state index contributed by atoms with van der Waals surface area (Å²) in [7, 11) is 0. The predicted octanol–water partition coefficient (Wildman–Crippen LogP) is 3.85. The molecular formula is C20H22Cl2N2O2S. The maximum atomic E-state index is 12.7. The normalized spacial score (nSPS) is 16.5. The second-order valence-corrected chi connectivity index (χ2v) is 7.50. The van der Waals surface area contributed by atoms with Gasteiger partial charge in [0.15, 0.2) is 5.78 Å². The highest BCUT2D eigenvalue weighted by molar-refractivity contribution is 8.00. The van der Waals surface area contributed by atoms with Crippen LogP contribution < -0.4 is 5.32 Å². The van der Waals surface area contributed by atoms with Crippen LogP contribution in [0.25, 0.3) is 0 Å². The number of hydrogen-bond acceptors (Lipinski definition) is 4. The minimum Gasteiger partial charge on any atom is -0.332 e. The number of benzene rings is 2. The number of thioether (sulfide) groups is 1. The van der Waals surface area contributed by atoms with E-state index in [4.69, 9.17) is 11.6 Å². The minimum atomic E-state index is -0.0737. The summed E-state index contributed by atoms with van der Waals surface area (Å²) < 4.78 is 0. The molecule has 2 aromatic carbocycles. The molecule has 1 heterocycles. The Bertz CT molecular complexity index is 774. The van der Waals surface area contributed by atoms with Gasteiger partial charge < -0.3 is 10.2 Å². The Morgan fingerprint density at radius 2 is 1.78 bits per heavy atom. The van der Waals surface area contributed by atoms with Crippen LogP contribution in [0.5, 0.6) is 0 Å². The van der Waals surface area contributed by atoms with E-state index in [1.807, 2.05) is 47.4 Å². The number of nitrogens with zero attached hydrogens (tertiary/aromatic N) is 1. The summed E-state index contributed by atoms with van der Waals surface area (Å²) in [5, 5.41) is 4.00. The van der Waals surface area contributed by atoms with E-state index in [9.17, 15) is 9.59 Å². The molecule has 4 nitrogen and oxygen atoms in total. The van der Waals surface area contributed by atoms with E-state index in [0.29, 0.717) is 35.2 Å². The van der Waals surface area contributed by atoms with Gasteiger partial charge in [-0.1, -0.05) is 60.1 Å². The number of rotatable bonds is 6. The van der Waals surface area contributed by atoms with Gasteiger partial charge in [0.25, 0.3) is 0 Å². The van der Waals surface area contributed by atoms with Crippen molar-refractivity contribution in [2.24, 2.45) is 0 Å². The van der Waals surface area contributed by atoms with Crippen molar-refractivity contribution in [3.8, 4) is 0 Å². The van der Waals surface area contributed by atoms with Crippen LogP contribution in [0.4, 0.5) is 0 Å². The number of piperazine rings is 1. The third-order valence-electron chi connectivity index (χ3n) is 4.38. The van der Waals surface area contributed by atoms with E-state index in [1.165, 1.54) is 11.8 Å². The van der Waals surface area contributed by atoms with Crippen molar-refractivity contribution in [3.05, 3.63) is 70.7 Å². The number of ketones is 1. The number of carbonyl (C=O) groups excluding carboxylic acids is 2. The van der Waals surface area contributed by atoms with Gasteiger partial charge in [0.1, 0.15) is 0 Å². The largest absolute Gasteiger partial charge is 0.332 e. The van der Waals surface area contributed by atoms with Crippen LogP contribution in [0, 0.1) is 0 Å². The Labute approximate surface area is 175 Å². The molecule has 0 aliphatic carbocycles. The Morgan fingerprint density at radius 3 is 2.52 bits per heavy atom. The first-order valence-corrected chi connectivity index (χ1v) is 10.1. The SMILES string of the molecule is Cl.O=C(CSCC(=O)N1CCNCC1c1ccccc1Cl)c1ccccc1. The minimum absolute atomic E-state index is 0. The van der Waals surface area contributed by atoms with Gasteiger partial charge in [0.05, 0.1) is 17.5 Å². The molecule has 3 rings (SSSR count). The first kappa shape index (κ1) is 21.8. The van der Waals surface area contributed by atoms with E-state index < -0.39 is 0 Å². The molecule has 1 aliphatic rings. The van der Waals surface area contributed by atoms with Crippen LogP contribution in [-0.4, -0.2) is 47.7 Å². The van der Waals surface area contributed by atoms with Crippen molar-refractivity contribution in [3.63, 3.8) is 0 Å². The average molecular weight is 425 g/mol. The maximum absolute atomic E-state index is 12.7. The fourth-order valence-electron chi connectivity index (χ4n) is 3.05. The number of nitrogens with one attached hydrogen (secondary N) is 1.